The molecule has 0 aliphatic rings. The Balaban J connectivity index is 2.00. The number of carbonyl (C=O) groups is 1. The van der Waals surface area contributed by atoms with Crippen molar-refractivity contribution in [3.8, 4) is 5.75 Å². The van der Waals surface area contributed by atoms with E-state index in [4.69, 9.17) is 11.6 Å². The van der Waals surface area contributed by atoms with Gasteiger partial charge in [-0.3, -0.25) is 9.59 Å². The van der Waals surface area contributed by atoms with Gasteiger partial charge in [0.1, 0.15) is 11.3 Å². The molecule has 0 bridgehead atoms. The number of amides is 1. The molecule has 7 heteroatoms. The molecule has 0 spiro atoms. The van der Waals surface area contributed by atoms with Crippen LogP contribution in [0, 0.1) is 0 Å². The van der Waals surface area contributed by atoms with Crippen LogP contribution in [0.2, 0.25) is 5.02 Å². The molecular weight excluding hydrogens is 348 g/mol. The third-order valence-corrected chi connectivity index (χ3v) is 4.50. The van der Waals surface area contributed by atoms with Gasteiger partial charge < -0.3 is 15.4 Å². The molecule has 2 aromatic carbocycles. The van der Waals surface area contributed by atoms with Gasteiger partial charge in [-0.2, -0.15) is 0 Å². The van der Waals surface area contributed by atoms with Gasteiger partial charge in [-0.1, -0.05) is 11.6 Å². The molecule has 0 saturated carbocycles. The second kappa shape index (κ2) is 6.59. The van der Waals surface area contributed by atoms with Crippen LogP contribution in [-0.4, -0.2) is 22.3 Å². The average molecular weight is 361 g/mol. The highest BCUT2D eigenvalue weighted by Crippen LogP contribution is 2.27. The van der Waals surface area contributed by atoms with Crippen LogP contribution in [0.3, 0.4) is 0 Å². The number of H-pyrrole nitrogens is 1. The van der Waals surface area contributed by atoms with E-state index in [1.54, 1.807) is 36.0 Å². The number of pyridine rings is 1. The van der Waals surface area contributed by atoms with Crippen LogP contribution >= 0.6 is 23.4 Å². The lowest BCUT2D eigenvalue weighted by atomic mass is 10.1. The predicted octanol–water partition coefficient (Wildman–Crippen LogP) is 3.86. The molecule has 122 valence electrons. The highest BCUT2D eigenvalue weighted by molar-refractivity contribution is 7.98. The summed E-state index contributed by atoms with van der Waals surface area (Å²) in [7, 11) is 0. The lowest BCUT2D eigenvalue weighted by molar-refractivity contribution is 0.102. The highest BCUT2D eigenvalue weighted by atomic mass is 35.5. The topological polar surface area (TPSA) is 82.2 Å². The molecule has 5 nitrogen and oxygen atoms in total. The van der Waals surface area contributed by atoms with Crippen LogP contribution in [0.5, 0.6) is 5.75 Å². The van der Waals surface area contributed by atoms with E-state index in [1.807, 2.05) is 18.4 Å². The van der Waals surface area contributed by atoms with Crippen LogP contribution in [-0.2, 0) is 0 Å². The Morgan fingerprint density at radius 1 is 1.21 bits per heavy atom. The second-order valence-electron chi connectivity index (χ2n) is 5.05. The zero-order valence-electron chi connectivity index (χ0n) is 12.6. The van der Waals surface area contributed by atoms with Crippen molar-refractivity contribution in [1.82, 2.24) is 4.98 Å². The molecular formula is C17H13ClN2O3S. The maximum Gasteiger partial charge on any atom is 0.265 e. The van der Waals surface area contributed by atoms with Crippen LogP contribution in [0.1, 0.15) is 10.4 Å². The van der Waals surface area contributed by atoms with Crippen molar-refractivity contribution in [3.63, 3.8) is 0 Å². The molecule has 0 atom stereocenters. The number of rotatable bonds is 3. The van der Waals surface area contributed by atoms with Gasteiger partial charge in [0.05, 0.1) is 5.52 Å². The summed E-state index contributed by atoms with van der Waals surface area (Å²) in [6, 6.07) is 11.8. The molecule has 3 N–H and O–H groups in total. The summed E-state index contributed by atoms with van der Waals surface area (Å²) < 4.78 is 0. The van der Waals surface area contributed by atoms with E-state index in [9.17, 15) is 14.7 Å². The van der Waals surface area contributed by atoms with Crippen LogP contribution in [0.25, 0.3) is 10.9 Å². The number of nitrogens with one attached hydrogen (secondary N) is 2. The molecule has 0 aliphatic carbocycles. The normalized spacial score (nSPS) is 10.8. The quantitative estimate of drug-likeness (QED) is 0.619. The Bertz CT molecular complexity index is 984. The maximum absolute atomic E-state index is 12.4. The first-order chi connectivity index (χ1) is 11.5. The van der Waals surface area contributed by atoms with Crippen molar-refractivity contribution in [2.75, 3.05) is 11.6 Å². The first-order valence-corrected chi connectivity index (χ1v) is 8.60. The van der Waals surface area contributed by atoms with E-state index in [0.717, 1.165) is 4.90 Å². The zero-order valence-corrected chi connectivity index (χ0v) is 14.2. The van der Waals surface area contributed by atoms with E-state index < -0.39 is 11.5 Å². The first-order valence-electron chi connectivity index (χ1n) is 6.99. The fourth-order valence-corrected chi connectivity index (χ4v) is 2.91. The van der Waals surface area contributed by atoms with Gasteiger partial charge >= 0.3 is 0 Å². The summed E-state index contributed by atoms with van der Waals surface area (Å²) in [6.07, 6.45) is 1.95. The Hall–Kier alpha value is -2.44. The van der Waals surface area contributed by atoms with Gasteiger partial charge in [-0.15, -0.1) is 11.8 Å². The molecule has 0 saturated heterocycles. The van der Waals surface area contributed by atoms with Crippen molar-refractivity contribution < 1.29 is 9.90 Å². The third-order valence-electron chi connectivity index (χ3n) is 3.52. The lowest BCUT2D eigenvalue weighted by Crippen LogP contribution is -2.23. The summed E-state index contributed by atoms with van der Waals surface area (Å²) in [5.74, 6) is -1.05. The minimum absolute atomic E-state index is 0.334. The van der Waals surface area contributed by atoms with E-state index >= 15 is 0 Å². The number of fused-ring (bicyclic) bond motifs is 1. The van der Waals surface area contributed by atoms with Crippen molar-refractivity contribution in [3.05, 3.63) is 63.4 Å². The van der Waals surface area contributed by atoms with Crippen LogP contribution in [0.4, 0.5) is 5.69 Å². The number of aromatic nitrogens is 1. The molecule has 1 aromatic heterocycles. The Morgan fingerprint density at radius 2 is 1.92 bits per heavy atom. The number of aromatic hydroxyl groups is 1. The highest BCUT2D eigenvalue weighted by Gasteiger charge is 2.19. The number of thioether (sulfide) groups is 1. The van der Waals surface area contributed by atoms with E-state index in [0.29, 0.717) is 21.6 Å². The Kier molecular flexibility index (Phi) is 4.51. The summed E-state index contributed by atoms with van der Waals surface area (Å²) in [5.41, 5.74) is -0.113. The summed E-state index contributed by atoms with van der Waals surface area (Å²) in [6.45, 7) is 0. The number of carbonyl (C=O) groups excluding carboxylic acids is 1. The number of hydrogen-bond acceptors (Lipinski definition) is 4. The number of anilines is 1. The number of aromatic amines is 1. The first kappa shape index (κ1) is 16.4. The monoisotopic (exact) mass is 360 g/mol. The largest absolute Gasteiger partial charge is 0.506 e. The zero-order chi connectivity index (χ0) is 17.3. The molecule has 1 heterocycles. The van der Waals surface area contributed by atoms with Crippen molar-refractivity contribution in [2.45, 2.75) is 4.90 Å². The van der Waals surface area contributed by atoms with Gasteiger partial charge in [0, 0.05) is 21.0 Å². The molecule has 24 heavy (non-hydrogen) atoms. The molecule has 0 radical (unpaired) electrons. The van der Waals surface area contributed by atoms with Gasteiger partial charge in [0.15, 0.2) is 0 Å². The molecule has 0 aliphatic heterocycles. The maximum atomic E-state index is 12.4. The molecule has 0 fully saturated rings. The number of hydrogen-bond donors (Lipinski definition) is 3. The average Bonchev–Trinajstić information content (AvgIpc) is 2.55. The molecule has 3 aromatic rings. The van der Waals surface area contributed by atoms with Gasteiger partial charge in [-0.25, -0.2) is 0 Å². The van der Waals surface area contributed by atoms with Gasteiger partial charge in [0.2, 0.25) is 0 Å². The molecule has 3 rings (SSSR count). The van der Waals surface area contributed by atoms with E-state index in [1.165, 1.54) is 6.07 Å². The van der Waals surface area contributed by atoms with E-state index in [2.05, 4.69) is 10.3 Å². The molecule has 0 unspecified atom stereocenters. The van der Waals surface area contributed by atoms with Crippen molar-refractivity contribution >= 4 is 45.9 Å². The number of benzene rings is 2. The van der Waals surface area contributed by atoms with E-state index in [-0.39, 0.29) is 11.3 Å². The second-order valence-corrected chi connectivity index (χ2v) is 6.37. The standard InChI is InChI=1S/C17H13ClN2O3S/c1-24-11-5-3-10(4-6-11)19-16(22)14-15(21)12-7-2-9(18)8-13(12)20-17(14)23/h2-8H,1H3,(H,19,22)(H2,20,21,23). The minimum atomic E-state index is -0.680. The SMILES string of the molecule is CSc1ccc(NC(=O)c2c(O)c3ccc(Cl)cc3[nH]c2=O)cc1. The molecule has 1 amide bonds. The Morgan fingerprint density at radius 3 is 2.58 bits per heavy atom. The fraction of sp³-hybridized carbons (Fsp3) is 0.0588. The summed E-state index contributed by atoms with van der Waals surface area (Å²) >= 11 is 7.45. The lowest BCUT2D eigenvalue weighted by Gasteiger charge is -2.09. The van der Waals surface area contributed by atoms with Gasteiger partial charge in [0.25, 0.3) is 11.5 Å². The smallest absolute Gasteiger partial charge is 0.265 e. The minimum Gasteiger partial charge on any atom is -0.506 e. The van der Waals surface area contributed by atoms with Gasteiger partial charge in [-0.05, 0) is 48.7 Å². The predicted molar refractivity (Wildman–Crippen MR) is 97.4 cm³/mol. The third kappa shape index (κ3) is 3.11. The van der Waals surface area contributed by atoms with Crippen molar-refractivity contribution in [2.24, 2.45) is 0 Å². The summed E-state index contributed by atoms with van der Waals surface area (Å²) in [4.78, 5) is 28.2. The number of halogens is 1. The fourth-order valence-electron chi connectivity index (χ4n) is 2.33. The Labute approximate surface area is 146 Å². The van der Waals surface area contributed by atoms with Crippen molar-refractivity contribution in [1.29, 1.82) is 0 Å². The summed E-state index contributed by atoms with van der Waals surface area (Å²) in [5, 5.41) is 13.7. The van der Waals surface area contributed by atoms with Crippen LogP contribution in [0.15, 0.2) is 52.2 Å². The van der Waals surface area contributed by atoms with Crippen LogP contribution < -0.4 is 10.9 Å².